The van der Waals surface area contributed by atoms with Gasteiger partial charge < -0.3 is 10.8 Å². The van der Waals surface area contributed by atoms with Gasteiger partial charge in [0, 0.05) is 0 Å². The van der Waals surface area contributed by atoms with Crippen LogP contribution in [0.3, 0.4) is 0 Å². The van der Waals surface area contributed by atoms with Crippen molar-refractivity contribution in [3.05, 3.63) is 59.9 Å². The van der Waals surface area contributed by atoms with Crippen molar-refractivity contribution in [1.29, 1.82) is 0 Å². The quantitative estimate of drug-likeness (QED) is 0.672. The van der Waals surface area contributed by atoms with Gasteiger partial charge in [-0.05, 0) is 35.2 Å². The lowest BCUT2D eigenvalue weighted by Gasteiger charge is -2.32. The lowest BCUT2D eigenvalue weighted by atomic mass is 9.83. The predicted octanol–water partition coefficient (Wildman–Crippen LogP) is 2.30. The normalized spacial score (nSPS) is 14.4. The third-order valence-electron chi connectivity index (χ3n) is 4.17. The number of aliphatic hydroxyl groups is 1. The summed E-state index contributed by atoms with van der Waals surface area (Å²) in [6, 6.07) is 12.9. The molecule has 0 aromatic heterocycles. The number of hydrogen-bond donors (Lipinski definition) is 3. The zero-order valence-electron chi connectivity index (χ0n) is 13.9. The molecule has 0 aliphatic carbocycles. The lowest BCUT2D eigenvalue weighted by Crippen LogP contribution is -2.57. The van der Waals surface area contributed by atoms with Gasteiger partial charge in [-0.15, -0.1) is 0 Å². The van der Waals surface area contributed by atoms with Gasteiger partial charge in [-0.3, -0.25) is 14.9 Å². The van der Waals surface area contributed by atoms with Crippen molar-refractivity contribution in [2.24, 2.45) is 5.73 Å². The first-order valence-corrected chi connectivity index (χ1v) is 8.00. The van der Waals surface area contributed by atoms with Gasteiger partial charge in [0.05, 0.1) is 0 Å². The number of carbonyl (C=O) groups excluding carboxylic acids is 2. The second kappa shape index (κ2) is 8.00. The minimum Gasteiger partial charge on any atom is -0.386 e. The average Bonchev–Trinajstić information content (AvgIpc) is 2.62. The molecule has 2 rings (SSSR count). The van der Waals surface area contributed by atoms with Crippen LogP contribution in [0, 0.1) is 5.82 Å². The Hall–Kier alpha value is -2.57. The summed E-state index contributed by atoms with van der Waals surface area (Å²) < 4.78 is 13.0. The van der Waals surface area contributed by atoms with Gasteiger partial charge in [-0.1, -0.05) is 49.7 Å². The monoisotopic (exact) mass is 344 g/mol. The molecule has 6 heteroatoms. The third kappa shape index (κ3) is 4.10. The van der Waals surface area contributed by atoms with E-state index in [2.05, 4.69) is 0 Å². The molecule has 132 valence electrons. The maximum absolute atomic E-state index is 13.0. The summed E-state index contributed by atoms with van der Waals surface area (Å²) in [6.07, 6.45) is -0.236. The molecule has 4 N–H and O–H groups in total. The minimum absolute atomic E-state index is 0.216. The highest BCUT2D eigenvalue weighted by atomic mass is 19.1. The predicted molar refractivity (Wildman–Crippen MR) is 92.8 cm³/mol. The fraction of sp³-hybridized carbons (Fsp3) is 0.263. The second-order valence-electron chi connectivity index (χ2n) is 5.91. The van der Waals surface area contributed by atoms with Crippen LogP contribution in [0.15, 0.2) is 48.5 Å². The van der Waals surface area contributed by atoms with E-state index in [1.54, 1.807) is 36.4 Å². The summed E-state index contributed by atoms with van der Waals surface area (Å²) in [5.41, 5.74) is 6.64. The number of aliphatic hydroxyl groups excluding tert-OH is 1. The van der Waals surface area contributed by atoms with E-state index >= 15 is 0 Å². The molecule has 2 aromatic carbocycles. The number of carbonyl (C=O) groups is 2. The number of nitrogens with one attached hydrogen (secondary N) is 1. The molecule has 5 nitrogen and oxygen atoms in total. The molecule has 2 aromatic rings. The van der Waals surface area contributed by atoms with E-state index < -0.39 is 17.6 Å². The van der Waals surface area contributed by atoms with Gasteiger partial charge in [0.1, 0.15) is 17.5 Å². The fourth-order valence-corrected chi connectivity index (χ4v) is 2.77. The highest BCUT2D eigenvalue weighted by Gasteiger charge is 2.41. The van der Waals surface area contributed by atoms with Crippen LogP contribution in [-0.4, -0.2) is 23.0 Å². The van der Waals surface area contributed by atoms with Crippen LogP contribution >= 0.6 is 0 Å². The van der Waals surface area contributed by atoms with Crippen LogP contribution in [-0.2, 0) is 9.59 Å². The van der Waals surface area contributed by atoms with Crippen LogP contribution in [0.25, 0.3) is 11.1 Å². The van der Waals surface area contributed by atoms with Crippen molar-refractivity contribution in [2.75, 3.05) is 0 Å². The lowest BCUT2D eigenvalue weighted by molar-refractivity contribution is -0.133. The smallest absolute Gasteiger partial charge is 0.249 e. The van der Waals surface area contributed by atoms with Gasteiger partial charge in [-0.2, -0.15) is 0 Å². The van der Waals surface area contributed by atoms with E-state index in [1.807, 2.05) is 12.2 Å². The molecule has 2 unspecified atom stereocenters. The summed E-state index contributed by atoms with van der Waals surface area (Å²) in [7, 11) is 0. The largest absolute Gasteiger partial charge is 0.386 e. The van der Waals surface area contributed by atoms with E-state index in [0.717, 1.165) is 11.1 Å². The maximum Gasteiger partial charge on any atom is 0.249 e. The van der Waals surface area contributed by atoms with Gasteiger partial charge in [0.15, 0.2) is 0 Å². The Morgan fingerprint density at radius 1 is 1.20 bits per heavy atom. The Balaban J connectivity index is 2.28. The van der Waals surface area contributed by atoms with Gasteiger partial charge in [0.2, 0.25) is 12.3 Å². The standard InChI is InChI=1S/C19H21FN2O3/c1-2-11-19(21,18(25)22-12-23)17(24)15-5-3-13(4-6-15)14-7-9-16(20)10-8-14/h3-10,12,17,24H,2,11,21H2,1H3,(H,22,23,25). The molecule has 25 heavy (non-hydrogen) atoms. The van der Waals surface area contributed by atoms with Crippen molar-refractivity contribution in [3.8, 4) is 11.1 Å². The van der Waals surface area contributed by atoms with Gasteiger partial charge in [-0.25, -0.2) is 4.39 Å². The topological polar surface area (TPSA) is 92.4 Å². The minimum atomic E-state index is -1.60. The number of rotatable bonds is 7. The van der Waals surface area contributed by atoms with Crippen LogP contribution < -0.4 is 11.1 Å². The summed E-state index contributed by atoms with van der Waals surface area (Å²) >= 11 is 0. The first-order valence-electron chi connectivity index (χ1n) is 8.00. The second-order valence-corrected chi connectivity index (χ2v) is 5.91. The average molecular weight is 344 g/mol. The summed E-state index contributed by atoms with van der Waals surface area (Å²) in [4.78, 5) is 22.7. The SMILES string of the molecule is CCCC(N)(C(=O)NC=O)C(O)c1ccc(-c2ccc(F)cc2)cc1. The Morgan fingerprint density at radius 3 is 2.20 bits per heavy atom. The zero-order valence-corrected chi connectivity index (χ0v) is 13.9. The summed E-state index contributed by atoms with van der Waals surface area (Å²) in [6.45, 7) is 1.83. The number of imide groups is 1. The van der Waals surface area contributed by atoms with Crippen molar-refractivity contribution >= 4 is 12.3 Å². The van der Waals surface area contributed by atoms with Crippen LogP contribution in [0.1, 0.15) is 31.4 Å². The Labute approximate surface area is 145 Å². The molecule has 0 saturated carbocycles. The van der Waals surface area contributed by atoms with E-state index in [0.29, 0.717) is 12.0 Å². The number of nitrogens with two attached hydrogens (primary N) is 1. The molecular weight excluding hydrogens is 323 g/mol. The Bertz CT molecular complexity index is 731. The van der Waals surface area contributed by atoms with Gasteiger partial charge >= 0.3 is 0 Å². The van der Waals surface area contributed by atoms with Crippen molar-refractivity contribution < 1.29 is 19.1 Å². The van der Waals surface area contributed by atoms with Crippen LogP contribution in [0.2, 0.25) is 0 Å². The molecule has 0 saturated heterocycles. The number of amides is 2. The maximum atomic E-state index is 13.0. The van der Waals surface area contributed by atoms with Gasteiger partial charge in [0.25, 0.3) is 0 Å². The molecular formula is C19H21FN2O3. The van der Waals surface area contributed by atoms with Crippen molar-refractivity contribution in [3.63, 3.8) is 0 Å². The van der Waals surface area contributed by atoms with Crippen LogP contribution in [0.4, 0.5) is 4.39 Å². The first-order chi connectivity index (χ1) is 11.9. The van der Waals surface area contributed by atoms with E-state index in [-0.39, 0.29) is 18.6 Å². The summed E-state index contributed by atoms with van der Waals surface area (Å²) in [5, 5.41) is 12.6. The first kappa shape index (κ1) is 18.8. The molecule has 0 radical (unpaired) electrons. The van der Waals surface area contributed by atoms with Crippen LogP contribution in [0.5, 0.6) is 0 Å². The van der Waals surface area contributed by atoms with E-state index in [1.165, 1.54) is 12.1 Å². The highest BCUT2D eigenvalue weighted by Crippen LogP contribution is 2.30. The number of hydrogen-bond acceptors (Lipinski definition) is 4. The molecule has 0 aliphatic rings. The molecule has 2 amide bonds. The molecule has 0 fully saturated rings. The molecule has 0 spiro atoms. The molecule has 0 bridgehead atoms. The van der Waals surface area contributed by atoms with E-state index in [9.17, 15) is 19.1 Å². The third-order valence-corrected chi connectivity index (χ3v) is 4.17. The molecule has 0 heterocycles. The van der Waals surface area contributed by atoms with E-state index in [4.69, 9.17) is 5.73 Å². The van der Waals surface area contributed by atoms with Crippen molar-refractivity contribution in [2.45, 2.75) is 31.4 Å². The Kier molecular flexibility index (Phi) is 6.01. The Morgan fingerprint density at radius 2 is 1.72 bits per heavy atom. The van der Waals surface area contributed by atoms with Crippen molar-refractivity contribution in [1.82, 2.24) is 5.32 Å². The molecule has 0 aliphatic heterocycles. The molecule has 2 atom stereocenters. The summed E-state index contributed by atoms with van der Waals surface area (Å²) in [5.74, 6) is -1.04. The zero-order chi connectivity index (χ0) is 18.4. The fourth-order valence-electron chi connectivity index (χ4n) is 2.77. The highest BCUT2D eigenvalue weighted by molar-refractivity contribution is 5.94. The number of benzene rings is 2. The number of halogens is 1.